The monoisotopic (exact) mass is 169 g/mol. The van der Waals surface area contributed by atoms with Crippen LogP contribution in [0, 0.1) is 5.92 Å². The molecular formula is C11H23N. The van der Waals surface area contributed by atoms with Gasteiger partial charge >= 0.3 is 0 Å². The molecule has 1 rings (SSSR count). The quantitative estimate of drug-likeness (QED) is 0.628. The SMILES string of the molecule is CCCN1C[C@@H](CC)CC[C@H]1C. The van der Waals surface area contributed by atoms with Crippen LogP contribution in [0.15, 0.2) is 0 Å². The number of hydrogen-bond acceptors (Lipinski definition) is 1. The zero-order valence-electron chi connectivity index (χ0n) is 8.84. The van der Waals surface area contributed by atoms with E-state index in [9.17, 15) is 0 Å². The summed E-state index contributed by atoms with van der Waals surface area (Å²) < 4.78 is 0. The molecular weight excluding hydrogens is 146 g/mol. The molecule has 0 spiro atoms. The van der Waals surface area contributed by atoms with Crippen molar-refractivity contribution in [1.29, 1.82) is 0 Å². The zero-order valence-corrected chi connectivity index (χ0v) is 8.84. The molecule has 0 bridgehead atoms. The first kappa shape index (κ1) is 10.0. The third-order valence-corrected chi connectivity index (χ3v) is 3.20. The van der Waals surface area contributed by atoms with Gasteiger partial charge in [0.2, 0.25) is 0 Å². The van der Waals surface area contributed by atoms with E-state index in [1.165, 1.54) is 38.8 Å². The fraction of sp³-hybridized carbons (Fsp3) is 1.00. The fourth-order valence-corrected chi connectivity index (χ4v) is 2.19. The van der Waals surface area contributed by atoms with Gasteiger partial charge in [-0.1, -0.05) is 20.3 Å². The first-order valence-corrected chi connectivity index (χ1v) is 5.52. The number of nitrogens with zero attached hydrogens (tertiary/aromatic N) is 1. The second kappa shape index (κ2) is 4.86. The summed E-state index contributed by atoms with van der Waals surface area (Å²) in [5.41, 5.74) is 0. The molecule has 1 saturated heterocycles. The summed E-state index contributed by atoms with van der Waals surface area (Å²) in [6.07, 6.45) is 5.55. The van der Waals surface area contributed by atoms with Crippen molar-refractivity contribution in [3.8, 4) is 0 Å². The van der Waals surface area contributed by atoms with Crippen LogP contribution < -0.4 is 0 Å². The van der Waals surface area contributed by atoms with E-state index in [2.05, 4.69) is 25.7 Å². The normalized spacial score (nSPS) is 32.2. The topological polar surface area (TPSA) is 3.24 Å². The van der Waals surface area contributed by atoms with Crippen molar-refractivity contribution in [2.45, 2.75) is 52.5 Å². The van der Waals surface area contributed by atoms with E-state index in [0.717, 1.165) is 12.0 Å². The van der Waals surface area contributed by atoms with Crippen molar-refractivity contribution in [3.05, 3.63) is 0 Å². The predicted molar refractivity (Wildman–Crippen MR) is 54.3 cm³/mol. The van der Waals surface area contributed by atoms with Gasteiger partial charge in [-0.05, 0) is 38.6 Å². The van der Waals surface area contributed by atoms with Gasteiger partial charge in [0.1, 0.15) is 0 Å². The highest BCUT2D eigenvalue weighted by atomic mass is 15.2. The summed E-state index contributed by atoms with van der Waals surface area (Å²) in [5, 5.41) is 0. The maximum absolute atomic E-state index is 2.66. The standard InChI is InChI=1S/C11H23N/c1-4-8-12-9-11(5-2)7-6-10(12)3/h10-11H,4-9H2,1-3H3/t10-,11+/m1/s1. The van der Waals surface area contributed by atoms with Gasteiger partial charge in [0.15, 0.2) is 0 Å². The number of hydrogen-bond donors (Lipinski definition) is 0. The Morgan fingerprint density at radius 3 is 2.58 bits per heavy atom. The van der Waals surface area contributed by atoms with Crippen LogP contribution in [-0.2, 0) is 0 Å². The molecule has 0 radical (unpaired) electrons. The van der Waals surface area contributed by atoms with Crippen LogP contribution in [0.5, 0.6) is 0 Å². The molecule has 0 N–H and O–H groups in total. The third-order valence-electron chi connectivity index (χ3n) is 3.20. The summed E-state index contributed by atoms with van der Waals surface area (Å²) in [4.78, 5) is 2.66. The largest absolute Gasteiger partial charge is 0.300 e. The lowest BCUT2D eigenvalue weighted by molar-refractivity contribution is 0.116. The Morgan fingerprint density at radius 2 is 2.00 bits per heavy atom. The van der Waals surface area contributed by atoms with Crippen LogP contribution >= 0.6 is 0 Å². The van der Waals surface area contributed by atoms with Crippen molar-refractivity contribution in [1.82, 2.24) is 4.90 Å². The van der Waals surface area contributed by atoms with Gasteiger partial charge in [-0.2, -0.15) is 0 Å². The van der Waals surface area contributed by atoms with E-state index in [1.54, 1.807) is 0 Å². The minimum Gasteiger partial charge on any atom is -0.300 e. The Bertz CT molecular complexity index is 122. The maximum atomic E-state index is 2.66. The average Bonchev–Trinajstić information content (AvgIpc) is 2.09. The Hall–Kier alpha value is -0.0400. The molecule has 1 heterocycles. The van der Waals surface area contributed by atoms with Crippen LogP contribution in [0.4, 0.5) is 0 Å². The van der Waals surface area contributed by atoms with Crippen molar-refractivity contribution < 1.29 is 0 Å². The van der Waals surface area contributed by atoms with Gasteiger partial charge in [0, 0.05) is 12.6 Å². The molecule has 0 amide bonds. The van der Waals surface area contributed by atoms with Gasteiger partial charge in [0.25, 0.3) is 0 Å². The molecule has 72 valence electrons. The molecule has 0 aromatic rings. The minimum atomic E-state index is 0.841. The highest BCUT2D eigenvalue weighted by molar-refractivity contribution is 4.77. The molecule has 1 fully saturated rings. The van der Waals surface area contributed by atoms with E-state index in [-0.39, 0.29) is 0 Å². The van der Waals surface area contributed by atoms with Crippen LogP contribution in [0.25, 0.3) is 0 Å². The highest BCUT2D eigenvalue weighted by Crippen LogP contribution is 2.23. The van der Waals surface area contributed by atoms with Crippen molar-refractivity contribution in [2.75, 3.05) is 13.1 Å². The zero-order chi connectivity index (χ0) is 8.97. The second-order valence-electron chi connectivity index (χ2n) is 4.20. The third kappa shape index (κ3) is 2.48. The average molecular weight is 169 g/mol. The molecule has 2 atom stereocenters. The fourth-order valence-electron chi connectivity index (χ4n) is 2.19. The number of piperidine rings is 1. The molecule has 0 unspecified atom stereocenters. The summed E-state index contributed by atoms with van der Waals surface area (Å²) in [6.45, 7) is 9.64. The smallest absolute Gasteiger partial charge is 0.00671 e. The molecule has 1 aliphatic heterocycles. The Morgan fingerprint density at radius 1 is 1.25 bits per heavy atom. The van der Waals surface area contributed by atoms with E-state index in [1.807, 2.05) is 0 Å². The van der Waals surface area contributed by atoms with Crippen LogP contribution in [0.3, 0.4) is 0 Å². The number of rotatable bonds is 3. The van der Waals surface area contributed by atoms with E-state index < -0.39 is 0 Å². The molecule has 0 saturated carbocycles. The molecule has 1 nitrogen and oxygen atoms in total. The van der Waals surface area contributed by atoms with Gasteiger partial charge in [-0.25, -0.2) is 0 Å². The molecule has 0 aromatic carbocycles. The summed E-state index contributed by atoms with van der Waals surface area (Å²) in [7, 11) is 0. The second-order valence-corrected chi connectivity index (χ2v) is 4.20. The van der Waals surface area contributed by atoms with Crippen molar-refractivity contribution >= 4 is 0 Å². The highest BCUT2D eigenvalue weighted by Gasteiger charge is 2.22. The van der Waals surface area contributed by atoms with Gasteiger partial charge in [-0.3, -0.25) is 0 Å². The Balaban J connectivity index is 2.36. The Labute approximate surface area is 77.1 Å². The van der Waals surface area contributed by atoms with Crippen molar-refractivity contribution in [3.63, 3.8) is 0 Å². The summed E-state index contributed by atoms with van der Waals surface area (Å²) in [5.74, 6) is 0.979. The minimum absolute atomic E-state index is 0.841. The Kier molecular flexibility index (Phi) is 4.07. The summed E-state index contributed by atoms with van der Waals surface area (Å²) >= 11 is 0. The molecule has 0 aromatic heterocycles. The van der Waals surface area contributed by atoms with Crippen molar-refractivity contribution in [2.24, 2.45) is 5.92 Å². The van der Waals surface area contributed by atoms with Gasteiger partial charge < -0.3 is 4.90 Å². The molecule has 12 heavy (non-hydrogen) atoms. The van der Waals surface area contributed by atoms with Crippen LogP contribution in [0.1, 0.15) is 46.5 Å². The van der Waals surface area contributed by atoms with Crippen LogP contribution in [-0.4, -0.2) is 24.0 Å². The van der Waals surface area contributed by atoms with Crippen LogP contribution in [0.2, 0.25) is 0 Å². The first-order chi connectivity index (χ1) is 5.77. The predicted octanol–water partition coefficient (Wildman–Crippen LogP) is 2.91. The summed E-state index contributed by atoms with van der Waals surface area (Å²) in [6, 6.07) is 0.841. The maximum Gasteiger partial charge on any atom is 0.00671 e. The molecule has 0 aliphatic carbocycles. The molecule has 1 aliphatic rings. The van der Waals surface area contributed by atoms with Gasteiger partial charge in [0.05, 0.1) is 0 Å². The van der Waals surface area contributed by atoms with Gasteiger partial charge in [-0.15, -0.1) is 0 Å². The lowest BCUT2D eigenvalue weighted by Gasteiger charge is -2.37. The van der Waals surface area contributed by atoms with E-state index in [0.29, 0.717) is 0 Å². The molecule has 1 heteroatoms. The lowest BCUT2D eigenvalue weighted by Crippen LogP contribution is -2.41. The number of likely N-dealkylation sites (tertiary alicyclic amines) is 1. The lowest BCUT2D eigenvalue weighted by atomic mass is 9.91. The van der Waals surface area contributed by atoms with E-state index in [4.69, 9.17) is 0 Å². The van der Waals surface area contributed by atoms with E-state index >= 15 is 0 Å². The first-order valence-electron chi connectivity index (χ1n) is 5.52.